The normalized spacial score (nSPS) is 11.1. The fourth-order valence-corrected chi connectivity index (χ4v) is 3.67. The Bertz CT molecular complexity index is 680. The molecule has 116 valence electrons. The Balaban J connectivity index is 2.39. The van der Waals surface area contributed by atoms with Crippen molar-refractivity contribution < 1.29 is 14.3 Å². The predicted octanol–water partition coefficient (Wildman–Crippen LogP) is 3.12. The van der Waals surface area contributed by atoms with Crippen molar-refractivity contribution in [3.05, 3.63) is 53.1 Å². The standard InChI is InChI=1S/C18H21O3P/c1-12-8-9-16(15(10-12)14(3)19)22-17-7-5-6-13(2)18(17)21-11-20-4/h5-10,22H,11H2,1-4H3. The number of carbonyl (C=O) groups excluding carboxylic acids is 1. The second-order valence-corrected chi connectivity index (χ2v) is 6.56. The van der Waals surface area contributed by atoms with Crippen molar-refractivity contribution >= 4 is 25.0 Å². The van der Waals surface area contributed by atoms with Gasteiger partial charge in [0.15, 0.2) is 12.6 Å². The fourth-order valence-electron chi connectivity index (χ4n) is 2.26. The largest absolute Gasteiger partial charge is 0.467 e. The average Bonchev–Trinajstić information content (AvgIpc) is 2.48. The molecule has 22 heavy (non-hydrogen) atoms. The number of para-hydroxylation sites is 1. The zero-order valence-electron chi connectivity index (χ0n) is 13.4. The first kappa shape index (κ1) is 16.7. The molecule has 1 unspecified atom stereocenters. The van der Waals surface area contributed by atoms with E-state index in [2.05, 4.69) is 0 Å². The van der Waals surface area contributed by atoms with E-state index in [-0.39, 0.29) is 12.6 Å². The maximum atomic E-state index is 11.9. The first-order chi connectivity index (χ1) is 10.5. The highest BCUT2D eigenvalue weighted by Gasteiger charge is 2.12. The van der Waals surface area contributed by atoms with Gasteiger partial charge in [0.25, 0.3) is 0 Å². The van der Waals surface area contributed by atoms with Crippen molar-refractivity contribution in [2.24, 2.45) is 0 Å². The molecule has 0 spiro atoms. The Morgan fingerprint density at radius 2 is 1.91 bits per heavy atom. The smallest absolute Gasteiger partial charge is 0.188 e. The third-order valence-corrected chi connectivity index (χ3v) is 4.73. The van der Waals surface area contributed by atoms with Gasteiger partial charge in [-0.3, -0.25) is 4.79 Å². The number of ketones is 1. The second kappa shape index (κ2) is 7.53. The highest BCUT2D eigenvalue weighted by molar-refractivity contribution is 7.56. The minimum atomic E-state index is 0.0956. The van der Waals surface area contributed by atoms with E-state index in [0.29, 0.717) is 8.58 Å². The Labute approximate surface area is 133 Å². The molecule has 1 atom stereocenters. The van der Waals surface area contributed by atoms with E-state index in [1.165, 1.54) is 0 Å². The lowest BCUT2D eigenvalue weighted by Gasteiger charge is -2.15. The summed E-state index contributed by atoms with van der Waals surface area (Å²) >= 11 is 0. The van der Waals surface area contributed by atoms with Crippen LogP contribution in [0.15, 0.2) is 36.4 Å². The topological polar surface area (TPSA) is 35.5 Å². The monoisotopic (exact) mass is 316 g/mol. The third-order valence-electron chi connectivity index (χ3n) is 3.36. The zero-order valence-corrected chi connectivity index (χ0v) is 14.4. The molecule has 0 amide bonds. The zero-order chi connectivity index (χ0) is 16.1. The number of methoxy groups -OCH3 is 1. The molecule has 2 rings (SSSR count). The summed E-state index contributed by atoms with van der Waals surface area (Å²) in [7, 11) is 1.98. The average molecular weight is 316 g/mol. The molecule has 0 heterocycles. The van der Waals surface area contributed by atoms with Crippen LogP contribution in [0, 0.1) is 13.8 Å². The number of ether oxygens (including phenoxy) is 2. The highest BCUT2D eigenvalue weighted by atomic mass is 31.1. The van der Waals surface area contributed by atoms with Crippen LogP contribution in [0.4, 0.5) is 0 Å². The first-order valence-electron chi connectivity index (χ1n) is 7.13. The minimum Gasteiger partial charge on any atom is -0.467 e. The van der Waals surface area contributed by atoms with E-state index >= 15 is 0 Å². The van der Waals surface area contributed by atoms with E-state index in [9.17, 15) is 4.79 Å². The second-order valence-electron chi connectivity index (χ2n) is 5.23. The molecule has 0 fully saturated rings. The van der Waals surface area contributed by atoms with Gasteiger partial charge in [-0.05, 0) is 37.7 Å². The van der Waals surface area contributed by atoms with Crippen LogP contribution in [0.25, 0.3) is 0 Å². The van der Waals surface area contributed by atoms with Gasteiger partial charge >= 0.3 is 0 Å². The van der Waals surface area contributed by atoms with E-state index in [0.717, 1.165) is 33.0 Å². The van der Waals surface area contributed by atoms with Gasteiger partial charge in [-0.25, -0.2) is 0 Å². The van der Waals surface area contributed by atoms with Crippen LogP contribution < -0.4 is 15.3 Å². The van der Waals surface area contributed by atoms with Crippen LogP contribution >= 0.6 is 8.58 Å². The van der Waals surface area contributed by atoms with Crippen LogP contribution in [0.2, 0.25) is 0 Å². The highest BCUT2D eigenvalue weighted by Crippen LogP contribution is 2.24. The maximum Gasteiger partial charge on any atom is 0.188 e. The molecular formula is C18H21O3P. The minimum absolute atomic E-state index is 0.0956. The molecular weight excluding hydrogens is 295 g/mol. The van der Waals surface area contributed by atoms with Crippen LogP contribution in [0.1, 0.15) is 28.4 Å². The van der Waals surface area contributed by atoms with Crippen LogP contribution in [-0.4, -0.2) is 19.7 Å². The van der Waals surface area contributed by atoms with Gasteiger partial charge in [-0.2, -0.15) is 0 Å². The lowest BCUT2D eigenvalue weighted by Crippen LogP contribution is -2.15. The number of hydrogen-bond donors (Lipinski definition) is 0. The number of rotatable bonds is 6. The summed E-state index contributed by atoms with van der Waals surface area (Å²) in [5.74, 6) is 0.941. The summed E-state index contributed by atoms with van der Waals surface area (Å²) in [5, 5.41) is 2.13. The Hall–Kier alpha value is -1.70. The number of benzene rings is 2. The summed E-state index contributed by atoms with van der Waals surface area (Å²) in [4.78, 5) is 11.9. The van der Waals surface area contributed by atoms with Gasteiger partial charge in [0.05, 0.1) is 0 Å². The van der Waals surface area contributed by atoms with Gasteiger partial charge in [-0.15, -0.1) is 0 Å². The van der Waals surface area contributed by atoms with Gasteiger partial charge in [0.2, 0.25) is 0 Å². The molecule has 0 N–H and O–H groups in total. The van der Waals surface area contributed by atoms with Gasteiger partial charge in [0.1, 0.15) is 5.75 Å². The summed E-state index contributed by atoms with van der Waals surface area (Å²) in [5.41, 5.74) is 2.95. The molecule has 4 heteroatoms. The Morgan fingerprint density at radius 1 is 1.14 bits per heavy atom. The van der Waals surface area contributed by atoms with Crippen LogP contribution in [0.3, 0.4) is 0 Å². The number of aryl methyl sites for hydroxylation is 2. The molecule has 0 radical (unpaired) electrons. The quantitative estimate of drug-likeness (QED) is 0.467. The number of hydrogen-bond acceptors (Lipinski definition) is 3. The number of carbonyl (C=O) groups is 1. The van der Waals surface area contributed by atoms with E-state index in [1.54, 1.807) is 14.0 Å². The van der Waals surface area contributed by atoms with Crippen molar-refractivity contribution in [1.29, 1.82) is 0 Å². The van der Waals surface area contributed by atoms with E-state index < -0.39 is 0 Å². The maximum absolute atomic E-state index is 11.9. The van der Waals surface area contributed by atoms with Gasteiger partial charge < -0.3 is 9.47 Å². The van der Waals surface area contributed by atoms with Crippen molar-refractivity contribution in [3.8, 4) is 5.75 Å². The lowest BCUT2D eigenvalue weighted by molar-refractivity contribution is 0.0514. The molecule has 0 saturated heterocycles. The molecule has 0 aliphatic heterocycles. The molecule has 2 aromatic carbocycles. The summed E-state index contributed by atoms with van der Waals surface area (Å²) in [6.07, 6.45) is 0. The van der Waals surface area contributed by atoms with Crippen LogP contribution in [-0.2, 0) is 4.74 Å². The van der Waals surface area contributed by atoms with Gasteiger partial charge in [0, 0.05) is 18.0 Å². The summed E-state index contributed by atoms with van der Waals surface area (Å²) in [6, 6.07) is 12.1. The Morgan fingerprint density at radius 3 is 2.59 bits per heavy atom. The van der Waals surface area contributed by atoms with Crippen molar-refractivity contribution in [1.82, 2.24) is 0 Å². The molecule has 0 bridgehead atoms. The molecule has 3 nitrogen and oxygen atoms in total. The molecule has 0 aliphatic rings. The lowest BCUT2D eigenvalue weighted by atomic mass is 10.1. The first-order valence-corrected chi connectivity index (χ1v) is 8.13. The van der Waals surface area contributed by atoms with Crippen molar-refractivity contribution in [2.45, 2.75) is 20.8 Å². The summed E-state index contributed by atoms with van der Waals surface area (Å²) < 4.78 is 10.7. The van der Waals surface area contributed by atoms with E-state index in [1.807, 2.05) is 50.2 Å². The SMILES string of the molecule is COCOc1c(C)cccc1Pc1ccc(C)cc1C(C)=O. The van der Waals surface area contributed by atoms with Crippen molar-refractivity contribution in [3.63, 3.8) is 0 Å². The van der Waals surface area contributed by atoms with Crippen LogP contribution in [0.5, 0.6) is 5.75 Å². The summed E-state index contributed by atoms with van der Waals surface area (Å²) in [6.45, 7) is 5.84. The van der Waals surface area contributed by atoms with Crippen molar-refractivity contribution in [2.75, 3.05) is 13.9 Å². The molecule has 0 aliphatic carbocycles. The third kappa shape index (κ3) is 3.94. The molecule has 0 saturated carbocycles. The fraction of sp³-hybridized carbons (Fsp3) is 0.278. The number of Topliss-reactive ketones (excluding diaryl/α,β-unsaturated/α-hetero) is 1. The molecule has 0 aromatic heterocycles. The molecule has 2 aromatic rings. The van der Waals surface area contributed by atoms with E-state index in [4.69, 9.17) is 9.47 Å². The van der Waals surface area contributed by atoms with Gasteiger partial charge in [-0.1, -0.05) is 44.5 Å². The predicted molar refractivity (Wildman–Crippen MR) is 92.4 cm³/mol. The Kier molecular flexibility index (Phi) is 5.70.